The molecular formula is C12H10ClNO2S2. The molecule has 0 spiro atoms. The lowest BCUT2D eigenvalue weighted by molar-refractivity contribution is 0.0521. The molecule has 3 nitrogen and oxygen atoms in total. The number of H-pyrrole nitrogens is 1. The van der Waals surface area contributed by atoms with Gasteiger partial charge in [0.25, 0.3) is 0 Å². The number of halogens is 1. The summed E-state index contributed by atoms with van der Waals surface area (Å²) in [6.45, 7) is 2.09. The van der Waals surface area contributed by atoms with Gasteiger partial charge in [0.15, 0.2) is 3.95 Å². The van der Waals surface area contributed by atoms with Crippen LogP contribution in [0.15, 0.2) is 24.3 Å². The highest BCUT2D eigenvalue weighted by Gasteiger charge is 2.17. The van der Waals surface area contributed by atoms with Crippen LogP contribution in [0.25, 0.3) is 10.4 Å². The Morgan fingerprint density at radius 1 is 1.56 bits per heavy atom. The van der Waals surface area contributed by atoms with Crippen molar-refractivity contribution in [2.75, 3.05) is 6.61 Å². The number of rotatable bonds is 3. The molecule has 0 aliphatic rings. The van der Waals surface area contributed by atoms with E-state index in [4.69, 9.17) is 28.6 Å². The first-order valence-corrected chi connectivity index (χ1v) is 6.88. The van der Waals surface area contributed by atoms with Gasteiger partial charge < -0.3 is 9.72 Å². The number of hydrogen-bond acceptors (Lipinski definition) is 4. The summed E-state index contributed by atoms with van der Waals surface area (Å²) in [5.41, 5.74) is 1.23. The number of aromatic amines is 1. The third-order valence-electron chi connectivity index (χ3n) is 2.22. The summed E-state index contributed by atoms with van der Waals surface area (Å²) in [4.78, 5) is 15.4. The fourth-order valence-corrected chi connectivity index (χ4v) is 2.87. The molecule has 0 fully saturated rings. The van der Waals surface area contributed by atoms with E-state index in [0.29, 0.717) is 21.3 Å². The second kappa shape index (κ2) is 5.65. The molecule has 94 valence electrons. The quantitative estimate of drug-likeness (QED) is 0.678. The van der Waals surface area contributed by atoms with Gasteiger partial charge in [-0.25, -0.2) is 4.79 Å². The monoisotopic (exact) mass is 299 g/mol. The summed E-state index contributed by atoms with van der Waals surface area (Å²) < 4.78 is 5.53. The molecule has 0 bridgehead atoms. The zero-order valence-corrected chi connectivity index (χ0v) is 11.9. The van der Waals surface area contributed by atoms with Crippen LogP contribution in [0.4, 0.5) is 0 Å². The molecular weight excluding hydrogens is 290 g/mol. The number of thiazole rings is 1. The fraction of sp³-hybridized carbons (Fsp3) is 0.167. The number of hydrogen-bond donors (Lipinski definition) is 1. The molecule has 1 aromatic carbocycles. The van der Waals surface area contributed by atoms with Crippen molar-refractivity contribution in [3.63, 3.8) is 0 Å². The molecule has 1 heterocycles. The molecule has 0 saturated heterocycles. The number of benzene rings is 1. The van der Waals surface area contributed by atoms with Gasteiger partial charge in [0.2, 0.25) is 0 Å². The summed E-state index contributed by atoms with van der Waals surface area (Å²) >= 11 is 12.4. The van der Waals surface area contributed by atoms with Crippen molar-refractivity contribution >= 4 is 41.1 Å². The first kappa shape index (κ1) is 13.3. The Labute approximate surface area is 118 Å². The molecule has 0 aliphatic heterocycles. The zero-order chi connectivity index (χ0) is 13.1. The Balaban J connectivity index is 2.51. The Bertz CT molecular complexity index is 633. The van der Waals surface area contributed by atoms with Crippen LogP contribution in [-0.4, -0.2) is 17.6 Å². The van der Waals surface area contributed by atoms with E-state index in [1.807, 2.05) is 12.1 Å². The van der Waals surface area contributed by atoms with Gasteiger partial charge in [0.1, 0.15) is 5.69 Å². The molecule has 1 N–H and O–H groups in total. The predicted octanol–water partition coefficient (Wildman–Crippen LogP) is 4.30. The molecule has 0 amide bonds. The minimum absolute atomic E-state index is 0.324. The SMILES string of the molecule is CCOC(=O)c1[nH]c(=S)sc1-c1cccc(Cl)c1. The molecule has 0 saturated carbocycles. The van der Waals surface area contributed by atoms with Crippen LogP contribution in [0.5, 0.6) is 0 Å². The fourth-order valence-electron chi connectivity index (χ4n) is 1.51. The van der Waals surface area contributed by atoms with Crippen molar-refractivity contribution in [1.29, 1.82) is 0 Å². The maximum Gasteiger partial charge on any atom is 0.356 e. The number of aromatic nitrogens is 1. The smallest absolute Gasteiger partial charge is 0.356 e. The molecule has 6 heteroatoms. The average molecular weight is 300 g/mol. The van der Waals surface area contributed by atoms with E-state index in [2.05, 4.69) is 4.98 Å². The lowest BCUT2D eigenvalue weighted by atomic mass is 10.1. The first-order chi connectivity index (χ1) is 8.61. The summed E-state index contributed by atoms with van der Waals surface area (Å²) in [5, 5.41) is 0.613. The van der Waals surface area contributed by atoms with Crippen molar-refractivity contribution in [2.45, 2.75) is 6.92 Å². The average Bonchev–Trinajstić information content (AvgIpc) is 2.72. The molecule has 0 aliphatic carbocycles. The molecule has 0 unspecified atom stereocenters. The van der Waals surface area contributed by atoms with Crippen molar-refractivity contribution in [3.8, 4) is 10.4 Å². The van der Waals surface area contributed by atoms with Gasteiger partial charge in [-0.15, -0.1) is 11.3 Å². The van der Waals surface area contributed by atoms with Crippen LogP contribution in [0, 0.1) is 3.95 Å². The predicted molar refractivity (Wildman–Crippen MR) is 75.9 cm³/mol. The largest absolute Gasteiger partial charge is 0.461 e. The standard InChI is InChI=1S/C12H10ClNO2S2/c1-2-16-11(15)9-10(18-12(17)14-9)7-4-3-5-8(13)6-7/h3-6H,2H2,1H3,(H,14,17). The summed E-state index contributed by atoms with van der Waals surface area (Å²) in [6, 6.07) is 7.28. The first-order valence-electron chi connectivity index (χ1n) is 5.28. The van der Waals surface area contributed by atoms with Crippen LogP contribution >= 0.6 is 35.2 Å². The second-order valence-corrected chi connectivity index (χ2v) is 5.57. The number of carbonyl (C=O) groups is 1. The highest BCUT2D eigenvalue weighted by Crippen LogP contribution is 2.30. The van der Waals surface area contributed by atoms with E-state index in [1.165, 1.54) is 11.3 Å². The zero-order valence-electron chi connectivity index (χ0n) is 9.53. The maximum atomic E-state index is 11.8. The number of nitrogens with one attached hydrogen (secondary N) is 1. The molecule has 2 aromatic rings. The third kappa shape index (κ3) is 2.80. The molecule has 18 heavy (non-hydrogen) atoms. The normalized spacial score (nSPS) is 10.3. The van der Waals surface area contributed by atoms with Crippen molar-refractivity contribution in [1.82, 2.24) is 4.98 Å². The highest BCUT2D eigenvalue weighted by molar-refractivity contribution is 7.73. The van der Waals surface area contributed by atoms with Crippen LogP contribution in [0.3, 0.4) is 0 Å². The van der Waals surface area contributed by atoms with Crippen LogP contribution in [0.1, 0.15) is 17.4 Å². The summed E-state index contributed by atoms with van der Waals surface area (Å²) in [7, 11) is 0. The highest BCUT2D eigenvalue weighted by atomic mass is 35.5. The van der Waals surface area contributed by atoms with Crippen molar-refractivity contribution < 1.29 is 9.53 Å². The van der Waals surface area contributed by atoms with Gasteiger partial charge in [-0.2, -0.15) is 0 Å². The topological polar surface area (TPSA) is 42.1 Å². The van der Waals surface area contributed by atoms with Gasteiger partial charge in [-0.3, -0.25) is 0 Å². The Kier molecular flexibility index (Phi) is 4.16. The molecule has 0 atom stereocenters. The number of ether oxygens (including phenoxy) is 1. The maximum absolute atomic E-state index is 11.8. The third-order valence-corrected chi connectivity index (χ3v) is 3.73. The van der Waals surface area contributed by atoms with E-state index < -0.39 is 5.97 Å². The number of carbonyl (C=O) groups excluding carboxylic acids is 1. The van der Waals surface area contributed by atoms with E-state index in [-0.39, 0.29) is 0 Å². The Morgan fingerprint density at radius 2 is 2.33 bits per heavy atom. The van der Waals surface area contributed by atoms with Gasteiger partial charge in [-0.05, 0) is 36.8 Å². The lowest BCUT2D eigenvalue weighted by Gasteiger charge is -2.03. The molecule has 1 aromatic heterocycles. The van der Waals surface area contributed by atoms with Crippen LogP contribution in [0.2, 0.25) is 5.02 Å². The minimum Gasteiger partial charge on any atom is -0.461 e. The van der Waals surface area contributed by atoms with Gasteiger partial charge in [0, 0.05) is 5.02 Å². The molecule has 0 radical (unpaired) electrons. The summed E-state index contributed by atoms with van der Waals surface area (Å²) in [6.07, 6.45) is 0. The minimum atomic E-state index is -0.403. The van der Waals surface area contributed by atoms with Crippen LogP contribution < -0.4 is 0 Å². The van der Waals surface area contributed by atoms with Crippen molar-refractivity contribution in [2.24, 2.45) is 0 Å². The van der Waals surface area contributed by atoms with Gasteiger partial charge in [0.05, 0.1) is 11.5 Å². The van der Waals surface area contributed by atoms with E-state index in [9.17, 15) is 4.79 Å². The second-order valence-electron chi connectivity index (χ2n) is 3.45. The van der Waals surface area contributed by atoms with Crippen LogP contribution in [-0.2, 0) is 4.74 Å². The van der Waals surface area contributed by atoms with Gasteiger partial charge >= 0.3 is 5.97 Å². The number of esters is 1. The van der Waals surface area contributed by atoms with Crippen molar-refractivity contribution in [3.05, 3.63) is 38.9 Å². The van der Waals surface area contributed by atoms with E-state index in [0.717, 1.165) is 10.4 Å². The van der Waals surface area contributed by atoms with Gasteiger partial charge in [-0.1, -0.05) is 23.7 Å². The van der Waals surface area contributed by atoms with E-state index in [1.54, 1.807) is 19.1 Å². The van der Waals surface area contributed by atoms with E-state index >= 15 is 0 Å². The molecule has 2 rings (SSSR count). The summed E-state index contributed by atoms with van der Waals surface area (Å²) in [5.74, 6) is -0.403. The lowest BCUT2D eigenvalue weighted by Crippen LogP contribution is -2.06. The Morgan fingerprint density at radius 3 is 3.00 bits per heavy atom. The Hall–Kier alpha value is -1.17.